The predicted molar refractivity (Wildman–Crippen MR) is 71.8 cm³/mol. The first-order chi connectivity index (χ1) is 8.63. The van der Waals surface area contributed by atoms with Crippen LogP contribution < -0.4 is 11.1 Å². The van der Waals surface area contributed by atoms with E-state index in [2.05, 4.69) is 5.32 Å². The number of nitrogens with one attached hydrogen (secondary N) is 1. The number of halogens is 1. The molecule has 0 heterocycles. The van der Waals surface area contributed by atoms with Crippen LogP contribution in [0.25, 0.3) is 0 Å². The summed E-state index contributed by atoms with van der Waals surface area (Å²) in [5.41, 5.74) is 6.69. The third-order valence-corrected chi connectivity index (χ3v) is 2.53. The van der Waals surface area contributed by atoms with Gasteiger partial charge in [0.25, 0.3) is 0 Å². The lowest BCUT2D eigenvalue weighted by atomic mass is 10.2. The van der Waals surface area contributed by atoms with Crippen LogP contribution in [0.15, 0.2) is 18.2 Å². The Morgan fingerprint density at radius 2 is 2.17 bits per heavy atom. The number of benzene rings is 1. The topological polar surface area (TPSA) is 73.6 Å². The van der Waals surface area contributed by atoms with Gasteiger partial charge in [0.2, 0.25) is 5.91 Å². The minimum atomic E-state index is -0.130. The molecule has 0 fully saturated rings. The number of anilines is 2. The van der Waals surface area contributed by atoms with Gasteiger partial charge in [-0.25, -0.2) is 0 Å². The summed E-state index contributed by atoms with van der Waals surface area (Å²) in [6.07, 6.45) is 0.284. The molecule has 0 radical (unpaired) electrons. The summed E-state index contributed by atoms with van der Waals surface area (Å²) in [6, 6.07) is 4.95. The van der Waals surface area contributed by atoms with E-state index in [4.69, 9.17) is 26.8 Å². The van der Waals surface area contributed by atoms with Gasteiger partial charge in [0.1, 0.15) is 0 Å². The first kappa shape index (κ1) is 14.8. The van der Waals surface area contributed by atoms with Crippen LogP contribution in [-0.4, -0.2) is 32.8 Å². The number of nitrogen functional groups attached to an aromatic ring is 1. The van der Waals surface area contributed by atoms with Gasteiger partial charge >= 0.3 is 0 Å². The summed E-state index contributed by atoms with van der Waals surface area (Å²) in [5, 5.41) is 3.18. The molecule has 6 heteroatoms. The lowest BCUT2D eigenvalue weighted by Gasteiger charge is -2.07. The van der Waals surface area contributed by atoms with Crippen molar-refractivity contribution in [2.24, 2.45) is 0 Å². The normalized spacial score (nSPS) is 10.3. The van der Waals surface area contributed by atoms with Gasteiger partial charge < -0.3 is 20.5 Å². The van der Waals surface area contributed by atoms with Gasteiger partial charge in [-0.3, -0.25) is 4.79 Å². The predicted octanol–water partition coefficient (Wildman–Crippen LogP) is 1.91. The van der Waals surface area contributed by atoms with Crippen LogP contribution in [-0.2, 0) is 14.3 Å². The average molecular weight is 273 g/mol. The van der Waals surface area contributed by atoms with Gasteiger partial charge in [0.15, 0.2) is 0 Å². The molecule has 0 aliphatic heterocycles. The van der Waals surface area contributed by atoms with Crippen molar-refractivity contribution < 1.29 is 14.3 Å². The van der Waals surface area contributed by atoms with Crippen LogP contribution in [0, 0.1) is 0 Å². The van der Waals surface area contributed by atoms with Crippen LogP contribution in [0.2, 0.25) is 5.02 Å². The Labute approximate surface area is 111 Å². The van der Waals surface area contributed by atoms with Crippen molar-refractivity contribution in [2.45, 2.75) is 6.42 Å². The zero-order chi connectivity index (χ0) is 13.4. The molecule has 100 valence electrons. The van der Waals surface area contributed by atoms with E-state index in [9.17, 15) is 4.79 Å². The molecule has 0 saturated carbocycles. The van der Waals surface area contributed by atoms with Crippen molar-refractivity contribution in [3.8, 4) is 0 Å². The maximum atomic E-state index is 11.5. The summed E-state index contributed by atoms with van der Waals surface area (Å²) in [4.78, 5) is 11.5. The van der Waals surface area contributed by atoms with Gasteiger partial charge in [0, 0.05) is 12.8 Å². The monoisotopic (exact) mass is 272 g/mol. The highest BCUT2D eigenvalue weighted by atomic mass is 35.5. The highest BCUT2D eigenvalue weighted by Gasteiger charge is 2.04. The Kier molecular flexibility index (Phi) is 6.49. The van der Waals surface area contributed by atoms with Crippen molar-refractivity contribution in [2.75, 3.05) is 38.0 Å². The smallest absolute Gasteiger partial charge is 0.226 e. The fraction of sp³-hybridized carbons (Fsp3) is 0.417. The third-order valence-electron chi connectivity index (χ3n) is 2.19. The molecule has 0 unspecified atom stereocenters. The molecule has 1 amide bonds. The summed E-state index contributed by atoms with van der Waals surface area (Å²) in [5.74, 6) is -0.130. The zero-order valence-corrected chi connectivity index (χ0v) is 11.0. The van der Waals surface area contributed by atoms with Crippen LogP contribution in [0.5, 0.6) is 0 Å². The Bertz CT molecular complexity index is 399. The van der Waals surface area contributed by atoms with Gasteiger partial charge in [0.05, 0.1) is 37.0 Å². The molecule has 18 heavy (non-hydrogen) atoms. The first-order valence-electron chi connectivity index (χ1n) is 5.55. The molecule has 1 aromatic carbocycles. The van der Waals surface area contributed by atoms with E-state index in [1.54, 1.807) is 25.3 Å². The number of rotatable bonds is 7. The van der Waals surface area contributed by atoms with Gasteiger partial charge in [-0.1, -0.05) is 11.6 Å². The Hall–Kier alpha value is -1.30. The lowest BCUT2D eigenvalue weighted by molar-refractivity contribution is -0.117. The maximum Gasteiger partial charge on any atom is 0.226 e. The van der Waals surface area contributed by atoms with Crippen LogP contribution in [0.4, 0.5) is 11.4 Å². The average Bonchev–Trinajstić information content (AvgIpc) is 2.34. The SMILES string of the molecule is COCCOCCC(=O)Nc1ccc(Cl)c(N)c1. The van der Waals surface area contributed by atoms with E-state index in [0.29, 0.717) is 36.2 Å². The molecule has 5 nitrogen and oxygen atoms in total. The summed E-state index contributed by atoms with van der Waals surface area (Å²) >= 11 is 5.78. The molecule has 1 aromatic rings. The molecular formula is C12H17ClN2O3. The molecular weight excluding hydrogens is 256 g/mol. The number of carbonyl (C=O) groups is 1. The molecule has 0 spiro atoms. The largest absolute Gasteiger partial charge is 0.397 e. The number of nitrogens with two attached hydrogens (primary N) is 1. The van der Waals surface area contributed by atoms with Crippen molar-refractivity contribution in [3.63, 3.8) is 0 Å². The number of amides is 1. The van der Waals surface area contributed by atoms with Crippen molar-refractivity contribution in [1.82, 2.24) is 0 Å². The minimum absolute atomic E-state index is 0.130. The number of methoxy groups -OCH3 is 1. The fourth-order valence-corrected chi connectivity index (χ4v) is 1.37. The number of carbonyl (C=O) groups excluding carboxylic acids is 1. The molecule has 0 atom stereocenters. The Balaban J connectivity index is 2.29. The fourth-order valence-electron chi connectivity index (χ4n) is 1.25. The van der Waals surface area contributed by atoms with E-state index >= 15 is 0 Å². The molecule has 0 aromatic heterocycles. The second-order valence-corrected chi connectivity index (χ2v) is 4.05. The van der Waals surface area contributed by atoms with Crippen LogP contribution in [0.3, 0.4) is 0 Å². The molecule has 0 aliphatic rings. The van der Waals surface area contributed by atoms with Crippen LogP contribution >= 0.6 is 11.6 Å². The van der Waals surface area contributed by atoms with Gasteiger partial charge in [-0.15, -0.1) is 0 Å². The molecule has 3 N–H and O–H groups in total. The number of hydrogen-bond acceptors (Lipinski definition) is 4. The van der Waals surface area contributed by atoms with Gasteiger partial charge in [-0.2, -0.15) is 0 Å². The van der Waals surface area contributed by atoms with Crippen molar-refractivity contribution in [3.05, 3.63) is 23.2 Å². The standard InChI is InChI=1S/C12H17ClN2O3/c1-17-6-7-18-5-4-12(16)15-9-2-3-10(13)11(14)8-9/h2-3,8H,4-7,14H2,1H3,(H,15,16). The second kappa shape index (κ2) is 7.92. The molecule has 0 bridgehead atoms. The van der Waals surface area contributed by atoms with Crippen molar-refractivity contribution >= 4 is 28.9 Å². The lowest BCUT2D eigenvalue weighted by Crippen LogP contribution is -2.15. The summed E-state index contributed by atoms with van der Waals surface area (Å²) in [6.45, 7) is 1.37. The third kappa shape index (κ3) is 5.35. The zero-order valence-electron chi connectivity index (χ0n) is 10.2. The molecule has 0 saturated heterocycles. The minimum Gasteiger partial charge on any atom is -0.397 e. The summed E-state index contributed by atoms with van der Waals surface area (Å²) in [7, 11) is 1.60. The van der Waals surface area contributed by atoms with Crippen molar-refractivity contribution in [1.29, 1.82) is 0 Å². The Morgan fingerprint density at radius 1 is 1.39 bits per heavy atom. The first-order valence-corrected chi connectivity index (χ1v) is 5.93. The quantitative estimate of drug-likeness (QED) is 0.587. The highest BCUT2D eigenvalue weighted by molar-refractivity contribution is 6.33. The van der Waals surface area contributed by atoms with E-state index in [1.165, 1.54) is 0 Å². The van der Waals surface area contributed by atoms with E-state index in [-0.39, 0.29) is 12.3 Å². The van der Waals surface area contributed by atoms with E-state index < -0.39 is 0 Å². The van der Waals surface area contributed by atoms with Crippen LogP contribution in [0.1, 0.15) is 6.42 Å². The second-order valence-electron chi connectivity index (χ2n) is 3.64. The Morgan fingerprint density at radius 3 is 2.83 bits per heavy atom. The maximum absolute atomic E-state index is 11.5. The highest BCUT2D eigenvalue weighted by Crippen LogP contribution is 2.22. The van der Waals surface area contributed by atoms with Gasteiger partial charge in [-0.05, 0) is 18.2 Å². The molecule has 0 aliphatic carbocycles. The van der Waals surface area contributed by atoms with E-state index in [0.717, 1.165) is 0 Å². The number of hydrogen-bond donors (Lipinski definition) is 2. The van der Waals surface area contributed by atoms with E-state index in [1.807, 2.05) is 0 Å². The number of ether oxygens (including phenoxy) is 2. The summed E-state index contributed by atoms with van der Waals surface area (Å²) < 4.78 is 10.0. The molecule has 1 rings (SSSR count).